The quantitative estimate of drug-likeness (QED) is 0.797. The van der Waals surface area contributed by atoms with E-state index in [0.717, 1.165) is 4.47 Å². The lowest BCUT2D eigenvalue weighted by Crippen LogP contribution is -2.39. The zero-order valence-electron chi connectivity index (χ0n) is 10.8. The van der Waals surface area contributed by atoms with Gasteiger partial charge >= 0.3 is 0 Å². The van der Waals surface area contributed by atoms with Crippen LogP contribution in [0.3, 0.4) is 0 Å². The molecule has 102 valence electrons. The molecule has 1 saturated heterocycles. The summed E-state index contributed by atoms with van der Waals surface area (Å²) in [5.41, 5.74) is 1.25. The first-order valence-corrected chi connectivity index (χ1v) is 8.78. The first kappa shape index (κ1) is 13.5. The van der Waals surface area contributed by atoms with Gasteiger partial charge in [-0.25, -0.2) is 0 Å². The molecule has 3 rings (SSSR count). The number of amides is 1. The van der Waals surface area contributed by atoms with Crippen molar-refractivity contribution in [2.24, 2.45) is 0 Å². The summed E-state index contributed by atoms with van der Waals surface area (Å²) in [5, 5.41) is 0.216. The Morgan fingerprint density at radius 3 is 2.74 bits per heavy atom. The Labute approximate surface area is 127 Å². The van der Waals surface area contributed by atoms with Crippen LogP contribution in [0, 0.1) is 0 Å². The van der Waals surface area contributed by atoms with E-state index in [4.69, 9.17) is 0 Å². The molecular weight excluding hydrogens is 322 g/mol. The highest BCUT2D eigenvalue weighted by Gasteiger charge is 2.37. The highest BCUT2D eigenvalue weighted by atomic mass is 79.9. The van der Waals surface area contributed by atoms with Gasteiger partial charge in [-0.3, -0.25) is 4.79 Å². The van der Waals surface area contributed by atoms with Crippen LogP contribution < -0.4 is 0 Å². The second-order valence-corrected chi connectivity index (χ2v) is 7.30. The highest BCUT2D eigenvalue weighted by Crippen LogP contribution is 2.43. The lowest BCUT2D eigenvalue weighted by molar-refractivity contribution is -0.131. The molecule has 0 N–H and O–H groups in total. The van der Waals surface area contributed by atoms with Crippen LogP contribution >= 0.6 is 27.7 Å². The normalized spacial score (nSPS) is 25.0. The SMILES string of the molecule is O=C1CS[C@@H](c2cccc(Br)c2)N1C1CCCCC1. The smallest absolute Gasteiger partial charge is 0.234 e. The van der Waals surface area contributed by atoms with Gasteiger partial charge in [0.25, 0.3) is 0 Å². The third-order valence-corrected chi connectivity index (χ3v) is 5.73. The van der Waals surface area contributed by atoms with Crippen molar-refractivity contribution in [2.45, 2.75) is 43.5 Å². The third kappa shape index (κ3) is 2.84. The van der Waals surface area contributed by atoms with Gasteiger partial charge in [-0.1, -0.05) is 47.3 Å². The first-order valence-electron chi connectivity index (χ1n) is 6.94. The summed E-state index contributed by atoms with van der Waals surface area (Å²) in [6.07, 6.45) is 6.22. The maximum absolute atomic E-state index is 12.2. The number of hydrogen-bond donors (Lipinski definition) is 0. The second kappa shape index (κ2) is 5.88. The van der Waals surface area contributed by atoms with Crippen LogP contribution in [-0.4, -0.2) is 22.6 Å². The molecule has 1 atom stereocenters. The predicted octanol–water partition coefficient (Wildman–Crippen LogP) is 4.36. The standard InChI is InChI=1S/C15H18BrNOS/c16-12-6-4-5-11(9-12)15-17(14(18)10-19-15)13-7-2-1-3-8-13/h4-6,9,13,15H,1-3,7-8,10H2/t15-/m0/s1. The Hall–Kier alpha value is -0.480. The van der Waals surface area contributed by atoms with Crippen molar-refractivity contribution >= 4 is 33.6 Å². The molecule has 2 fully saturated rings. The van der Waals surface area contributed by atoms with Crippen molar-refractivity contribution in [1.29, 1.82) is 0 Å². The summed E-state index contributed by atoms with van der Waals surface area (Å²) < 4.78 is 1.09. The lowest BCUT2D eigenvalue weighted by Gasteiger charge is -2.35. The van der Waals surface area contributed by atoms with Gasteiger partial charge in [0.15, 0.2) is 0 Å². The summed E-state index contributed by atoms with van der Waals surface area (Å²) in [6.45, 7) is 0. The van der Waals surface area contributed by atoms with Crippen LogP contribution in [0.2, 0.25) is 0 Å². The predicted molar refractivity (Wildman–Crippen MR) is 83.1 cm³/mol. The average Bonchev–Trinajstić information content (AvgIpc) is 2.82. The topological polar surface area (TPSA) is 20.3 Å². The van der Waals surface area contributed by atoms with E-state index < -0.39 is 0 Å². The molecular formula is C15H18BrNOS. The van der Waals surface area contributed by atoms with Gasteiger partial charge in [-0.15, -0.1) is 11.8 Å². The molecule has 1 saturated carbocycles. The van der Waals surface area contributed by atoms with E-state index >= 15 is 0 Å². The molecule has 0 unspecified atom stereocenters. The summed E-state index contributed by atoms with van der Waals surface area (Å²) in [5.74, 6) is 0.954. The minimum atomic E-state index is 0.216. The molecule has 1 aromatic rings. The van der Waals surface area contributed by atoms with Gasteiger partial charge in [0.05, 0.1) is 5.75 Å². The summed E-state index contributed by atoms with van der Waals surface area (Å²) in [7, 11) is 0. The number of rotatable bonds is 2. The fourth-order valence-electron chi connectivity index (χ4n) is 3.11. The van der Waals surface area contributed by atoms with Gasteiger partial charge in [0.1, 0.15) is 5.37 Å². The largest absolute Gasteiger partial charge is 0.323 e. The van der Waals surface area contributed by atoms with E-state index in [1.807, 2.05) is 6.07 Å². The Morgan fingerprint density at radius 1 is 1.21 bits per heavy atom. The Kier molecular flexibility index (Phi) is 4.18. The molecule has 1 aliphatic carbocycles. The zero-order valence-corrected chi connectivity index (χ0v) is 13.3. The van der Waals surface area contributed by atoms with Crippen LogP contribution in [0.25, 0.3) is 0 Å². The molecule has 2 nitrogen and oxygen atoms in total. The molecule has 4 heteroatoms. The van der Waals surface area contributed by atoms with Crippen molar-refractivity contribution in [3.8, 4) is 0 Å². The van der Waals surface area contributed by atoms with Gasteiger partial charge < -0.3 is 4.90 Å². The fraction of sp³-hybridized carbons (Fsp3) is 0.533. The fourth-order valence-corrected chi connectivity index (χ4v) is 4.76. The lowest BCUT2D eigenvalue weighted by atomic mass is 9.93. The van der Waals surface area contributed by atoms with Crippen molar-refractivity contribution in [2.75, 3.05) is 5.75 Å². The highest BCUT2D eigenvalue weighted by molar-refractivity contribution is 9.10. The van der Waals surface area contributed by atoms with E-state index in [-0.39, 0.29) is 5.37 Å². The van der Waals surface area contributed by atoms with Crippen LogP contribution in [0.4, 0.5) is 0 Å². The van der Waals surface area contributed by atoms with Crippen LogP contribution in [0.15, 0.2) is 28.7 Å². The molecule has 0 spiro atoms. The number of carbonyl (C=O) groups excluding carboxylic acids is 1. The second-order valence-electron chi connectivity index (χ2n) is 5.31. The molecule has 0 aromatic heterocycles. The van der Waals surface area contributed by atoms with E-state index in [0.29, 0.717) is 17.7 Å². The molecule has 0 radical (unpaired) electrons. The van der Waals surface area contributed by atoms with E-state index in [1.54, 1.807) is 11.8 Å². The number of benzene rings is 1. The maximum atomic E-state index is 12.2. The van der Waals surface area contributed by atoms with E-state index in [9.17, 15) is 4.79 Å². The first-order chi connectivity index (χ1) is 9.25. The number of halogens is 1. The molecule has 0 bridgehead atoms. The average molecular weight is 340 g/mol. The number of carbonyl (C=O) groups is 1. The third-order valence-electron chi connectivity index (χ3n) is 4.01. The van der Waals surface area contributed by atoms with Gasteiger partial charge in [0, 0.05) is 10.5 Å². The van der Waals surface area contributed by atoms with Crippen molar-refractivity contribution in [3.05, 3.63) is 34.3 Å². The molecule has 1 aliphatic heterocycles. The number of nitrogens with zero attached hydrogens (tertiary/aromatic N) is 1. The molecule has 1 amide bonds. The maximum Gasteiger partial charge on any atom is 0.234 e. The van der Waals surface area contributed by atoms with Crippen LogP contribution in [0.1, 0.15) is 43.0 Å². The molecule has 19 heavy (non-hydrogen) atoms. The monoisotopic (exact) mass is 339 g/mol. The van der Waals surface area contributed by atoms with Crippen LogP contribution in [0.5, 0.6) is 0 Å². The van der Waals surface area contributed by atoms with E-state index in [2.05, 4.69) is 39.0 Å². The Bertz CT molecular complexity index is 473. The van der Waals surface area contributed by atoms with Crippen molar-refractivity contribution in [3.63, 3.8) is 0 Å². The minimum absolute atomic E-state index is 0.216. The van der Waals surface area contributed by atoms with Gasteiger partial charge in [-0.05, 0) is 30.5 Å². The van der Waals surface area contributed by atoms with Gasteiger partial charge in [-0.2, -0.15) is 0 Å². The van der Waals surface area contributed by atoms with Crippen LogP contribution in [-0.2, 0) is 4.79 Å². The van der Waals surface area contributed by atoms with E-state index in [1.165, 1.54) is 37.7 Å². The Balaban J connectivity index is 1.85. The molecule has 1 heterocycles. The number of hydrogen-bond acceptors (Lipinski definition) is 2. The number of thioether (sulfide) groups is 1. The van der Waals surface area contributed by atoms with Gasteiger partial charge in [0.2, 0.25) is 5.91 Å². The summed E-state index contributed by atoms with van der Waals surface area (Å²) in [4.78, 5) is 14.4. The Morgan fingerprint density at radius 2 is 2.00 bits per heavy atom. The minimum Gasteiger partial charge on any atom is -0.323 e. The zero-order chi connectivity index (χ0) is 13.2. The summed E-state index contributed by atoms with van der Waals surface area (Å²) in [6, 6.07) is 8.83. The molecule has 1 aromatic carbocycles. The summed E-state index contributed by atoms with van der Waals surface area (Å²) >= 11 is 5.30. The van der Waals surface area contributed by atoms with Crippen molar-refractivity contribution in [1.82, 2.24) is 4.90 Å². The molecule has 2 aliphatic rings. The van der Waals surface area contributed by atoms with Crippen molar-refractivity contribution < 1.29 is 4.79 Å².